The van der Waals surface area contributed by atoms with E-state index < -0.39 is 5.91 Å². The molecule has 0 aliphatic carbocycles. The Bertz CT molecular complexity index is 1350. The van der Waals surface area contributed by atoms with E-state index in [0.29, 0.717) is 37.4 Å². The fourth-order valence-electron chi connectivity index (χ4n) is 4.51. The summed E-state index contributed by atoms with van der Waals surface area (Å²) in [6.45, 7) is 2.49. The maximum Gasteiger partial charge on any atom is 0.315 e. The van der Waals surface area contributed by atoms with E-state index in [1.54, 1.807) is 12.1 Å². The second-order valence-electron chi connectivity index (χ2n) is 8.94. The number of aryl methyl sites for hydroxylation is 1. The number of para-hydroxylation sites is 1. The molecular formula is C29H29N5O3. The molecule has 3 aromatic carbocycles. The van der Waals surface area contributed by atoms with Crippen LogP contribution in [0.5, 0.6) is 0 Å². The third kappa shape index (κ3) is 6.03. The Kier molecular flexibility index (Phi) is 7.55. The zero-order chi connectivity index (χ0) is 25.5. The topological polar surface area (TPSA) is 100 Å². The second-order valence-corrected chi connectivity index (χ2v) is 8.94. The predicted molar refractivity (Wildman–Crippen MR) is 142 cm³/mol. The Morgan fingerprint density at radius 3 is 2.41 bits per heavy atom. The summed E-state index contributed by atoms with van der Waals surface area (Å²) in [6.07, 6.45) is 2.55. The number of benzene rings is 3. The van der Waals surface area contributed by atoms with Crippen LogP contribution in [0.4, 0.5) is 5.69 Å². The van der Waals surface area contributed by atoms with Crippen molar-refractivity contribution in [3.05, 3.63) is 102 Å². The van der Waals surface area contributed by atoms with Gasteiger partial charge in [0.1, 0.15) is 0 Å². The van der Waals surface area contributed by atoms with Crippen molar-refractivity contribution in [1.29, 1.82) is 0 Å². The fourth-order valence-corrected chi connectivity index (χ4v) is 4.51. The van der Waals surface area contributed by atoms with E-state index >= 15 is 0 Å². The first-order valence-corrected chi connectivity index (χ1v) is 12.5. The van der Waals surface area contributed by atoms with Gasteiger partial charge in [0.25, 0.3) is 5.91 Å². The molecule has 0 radical (unpaired) electrons. The van der Waals surface area contributed by atoms with Gasteiger partial charge in [-0.3, -0.25) is 9.59 Å². The monoisotopic (exact) mass is 495 g/mol. The maximum atomic E-state index is 12.5. The molecule has 1 aliphatic heterocycles. The van der Waals surface area contributed by atoms with Gasteiger partial charge in [0.15, 0.2) is 5.82 Å². The summed E-state index contributed by atoms with van der Waals surface area (Å²) in [4.78, 5) is 31.4. The lowest BCUT2D eigenvalue weighted by Gasteiger charge is -2.31. The molecule has 5 rings (SSSR count). The van der Waals surface area contributed by atoms with E-state index in [4.69, 9.17) is 4.52 Å². The van der Waals surface area contributed by atoms with Crippen LogP contribution in [0, 0.1) is 0 Å². The van der Waals surface area contributed by atoms with Crippen LogP contribution in [0.15, 0.2) is 83.4 Å². The summed E-state index contributed by atoms with van der Waals surface area (Å²) in [5, 5.41) is 9.58. The van der Waals surface area contributed by atoms with Gasteiger partial charge in [0.2, 0.25) is 0 Å². The number of nitrogens with one attached hydrogen (secondary N) is 2. The molecule has 2 amide bonds. The zero-order valence-corrected chi connectivity index (χ0v) is 20.5. The van der Waals surface area contributed by atoms with Gasteiger partial charge in [-0.05, 0) is 47.7 Å². The number of aromatic nitrogens is 2. The van der Waals surface area contributed by atoms with Crippen molar-refractivity contribution in [1.82, 2.24) is 20.8 Å². The number of hydrogen-bond donors (Lipinski definition) is 2. The first kappa shape index (κ1) is 24.2. The summed E-state index contributed by atoms with van der Waals surface area (Å²) in [5.74, 6) is -0.279. The van der Waals surface area contributed by atoms with Crippen LogP contribution in [0.25, 0.3) is 11.1 Å². The minimum Gasteiger partial charge on any atom is -0.370 e. The fraction of sp³-hybridized carbons (Fsp3) is 0.241. The number of fused-ring (bicyclic) bond motifs is 1. The van der Waals surface area contributed by atoms with Gasteiger partial charge in [-0.25, -0.2) is 0 Å². The van der Waals surface area contributed by atoms with Crippen molar-refractivity contribution in [2.24, 2.45) is 0 Å². The van der Waals surface area contributed by atoms with E-state index in [1.165, 1.54) is 11.3 Å². The Labute approximate surface area is 215 Å². The van der Waals surface area contributed by atoms with Crippen molar-refractivity contribution < 1.29 is 14.1 Å². The minimum atomic E-state index is -0.397. The van der Waals surface area contributed by atoms with Crippen LogP contribution in [0.1, 0.15) is 38.9 Å². The number of rotatable bonds is 9. The molecule has 0 saturated carbocycles. The maximum absolute atomic E-state index is 12.5. The first-order chi connectivity index (χ1) is 18.2. The molecule has 0 atom stereocenters. The van der Waals surface area contributed by atoms with Crippen molar-refractivity contribution in [3.8, 4) is 11.1 Å². The van der Waals surface area contributed by atoms with Crippen molar-refractivity contribution in [3.63, 3.8) is 0 Å². The summed E-state index contributed by atoms with van der Waals surface area (Å²) >= 11 is 0. The molecular weight excluding hydrogens is 466 g/mol. The number of carbonyl (C=O) groups excluding carboxylic acids is 2. The lowest BCUT2D eigenvalue weighted by molar-refractivity contribution is 0.0909. The Hall–Kier alpha value is -4.46. The molecule has 0 spiro atoms. The second kappa shape index (κ2) is 11.5. The average Bonchev–Trinajstić information content (AvgIpc) is 3.43. The van der Waals surface area contributed by atoms with Crippen LogP contribution in [0.2, 0.25) is 0 Å². The lowest BCUT2D eigenvalue weighted by atomic mass is 10.0. The van der Waals surface area contributed by atoms with Crippen molar-refractivity contribution in [2.45, 2.75) is 19.3 Å². The van der Waals surface area contributed by atoms with Crippen LogP contribution in [-0.2, 0) is 12.8 Å². The highest BCUT2D eigenvalue weighted by molar-refractivity contribution is 5.94. The Balaban J connectivity index is 1.06. The van der Waals surface area contributed by atoms with Gasteiger partial charge in [0, 0.05) is 43.9 Å². The molecule has 2 heterocycles. The van der Waals surface area contributed by atoms with E-state index in [1.807, 2.05) is 48.5 Å². The summed E-state index contributed by atoms with van der Waals surface area (Å²) < 4.78 is 5.12. The largest absolute Gasteiger partial charge is 0.370 e. The van der Waals surface area contributed by atoms with Crippen LogP contribution in [-0.4, -0.2) is 48.1 Å². The smallest absolute Gasteiger partial charge is 0.315 e. The Morgan fingerprint density at radius 2 is 1.57 bits per heavy atom. The molecule has 0 bridgehead atoms. The lowest BCUT2D eigenvalue weighted by Crippen LogP contribution is -2.37. The van der Waals surface area contributed by atoms with E-state index in [9.17, 15) is 9.59 Å². The third-order valence-corrected chi connectivity index (χ3v) is 6.42. The summed E-state index contributed by atoms with van der Waals surface area (Å²) in [7, 11) is 0. The molecule has 8 heteroatoms. The quantitative estimate of drug-likeness (QED) is 0.365. The number of carbonyl (C=O) groups is 2. The number of anilines is 1. The van der Waals surface area contributed by atoms with Gasteiger partial charge in [0.05, 0.1) is 0 Å². The van der Waals surface area contributed by atoms with Gasteiger partial charge in [-0.15, -0.1) is 0 Å². The highest BCUT2D eigenvalue weighted by atomic mass is 16.5. The molecule has 188 valence electrons. The Morgan fingerprint density at radius 1 is 0.838 bits per heavy atom. The third-order valence-electron chi connectivity index (χ3n) is 6.42. The molecule has 0 unspecified atom stereocenters. The van der Waals surface area contributed by atoms with E-state index in [-0.39, 0.29) is 11.8 Å². The molecule has 0 saturated heterocycles. The van der Waals surface area contributed by atoms with E-state index in [2.05, 4.69) is 43.9 Å². The average molecular weight is 496 g/mol. The highest BCUT2D eigenvalue weighted by Crippen LogP contribution is 2.26. The normalized spacial score (nSPS) is 12.6. The standard InChI is InChI=1S/C29H29N5O3/c35-27(24-14-12-22(13-15-24)21-7-2-1-3-8-21)30-17-16-26-32-29(37-33-26)28(36)31-18-20-34-19-6-10-23-9-4-5-11-25(23)34/h1-5,7-9,11-15H,6,10,16-20H2,(H,30,35)(H,31,36). The van der Waals surface area contributed by atoms with Gasteiger partial charge in [-0.1, -0.05) is 65.8 Å². The van der Waals surface area contributed by atoms with Crippen LogP contribution >= 0.6 is 0 Å². The summed E-state index contributed by atoms with van der Waals surface area (Å²) in [5.41, 5.74) is 5.30. The minimum absolute atomic E-state index is 0.0723. The summed E-state index contributed by atoms with van der Waals surface area (Å²) in [6, 6.07) is 25.8. The first-order valence-electron chi connectivity index (χ1n) is 12.5. The number of hydrogen-bond acceptors (Lipinski definition) is 6. The zero-order valence-electron chi connectivity index (χ0n) is 20.5. The molecule has 37 heavy (non-hydrogen) atoms. The van der Waals surface area contributed by atoms with Gasteiger partial charge >= 0.3 is 11.8 Å². The van der Waals surface area contributed by atoms with Gasteiger partial charge in [-0.2, -0.15) is 4.98 Å². The highest BCUT2D eigenvalue weighted by Gasteiger charge is 2.18. The molecule has 1 aliphatic rings. The molecule has 8 nitrogen and oxygen atoms in total. The molecule has 2 N–H and O–H groups in total. The molecule has 0 fully saturated rings. The van der Waals surface area contributed by atoms with Gasteiger partial charge < -0.3 is 20.1 Å². The van der Waals surface area contributed by atoms with Crippen LogP contribution < -0.4 is 15.5 Å². The molecule has 1 aromatic heterocycles. The number of amides is 2. The van der Waals surface area contributed by atoms with E-state index in [0.717, 1.165) is 30.5 Å². The van der Waals surface area contributed by atoms with Crippen molar-refractivity contribution >= 4 is 17.5 Å². The van der Waals surface area contributed by atoms with Crippen molar-refractivity contribution in [2.75, 3.05) is 31.1 Å². The predicted octanol–water partition coefficient (Wildman–Crippen LogP) is 3.89. The molecule has 4 aromatic rings. The number of nitrogens with zero attached hydrogens (tertiary/aromatic N) is 3. The SMILES string of the molecule is O=C(NCCc1noc(C(=O)NCCN2CCCc3ccccc32)n1)c1ccc(-c2ccccc2)cc1. The van der Waals surface area contributed by atoms with Crippen LogP contribution in [0.3, 0.4) is 0 Å².